The highest BCUT2D eigenvalue weighted by Gasteiger charge is 2.17. The van der Waals surface area contributed by atoms with E-state index in [4.69, 9.17) is 0 Å². The molecule has 0 unspecified atom stereocenters. The van der Waals surface area contributed by atoms with E-state index < -0.39 is 0 Å². The van der Waals surface area contributed by atoms with Crippen LogP contribution in [-0.2, 0) is 0 Å². The van der Waals surface area contributed by atoms with Crippen LogP contribution in [0.1, 0.15) is 6.42 Å². The molecule has 0 saturated heterocycles. The fourth-order valence-electron chi connectivity index (χ4n) is 7.49. The zero-order valence-corrected chi connectivity index (χ0v) is 31.0. The number of benzene rings is 8. The van der Waals surface area contributed by atoms with Crippen molar-refractivity contribution in [2.75, 3.05) is 9.80 Å². The van der Waals surface area contributed by atoms with Crippen LogP contribution in [0.4, 0.5) is 28.4 Å². The van der Waals surface area contributed by atoms with Gasteiger partial charge in [0.2, 0.25) is 0 Å². The highest BCUT2D eigenvalue weighted by molar-refractivity contribution is 5.82. The monoisotopic (exact) mass is 716 g/mol. The maximum Gasteiger partial charge on any atom is 0.0467 e. The van der Waals surface area contributed by atoms with Crippen molar-refractivity contribution in [2.24, 2.45) is 0 Å². The van der Waals surface area contributed by atoms with Crippen LogP contribution in [0.25, 0.3) is 44.5 Å². The molecule has 266 valence electrons. The maximum absolute atomic E-state index is 3.24. The Hall–Kier alpha value is -7.38. The molecule has 0 atom stereocenters. The van der Waals surface area contributed by atoms with Crippen LogP contribution in [0.2, 0.25) is 0 Å². The summed E-state index contributed by atoms with van der Waals surface area (Å²) in [4.78, 5) is 4.69. The van der Waals surface area contributed by atoms with Crippen molar-refractivity contribution in [1.82, 2.24) is 0 Å². The molecular weight excluding hydrogens is 677 g/mol. The van der Waals surface area contributed by atoms with Crippen LogP contribution in [0.15, 0.2) is 242 Å². The first kappa shape index (κ1) is 34.4. The van der Waals surface area contributed by atoms with Crippen LogP contribution in [0.3, 0.4) is 0 Å². The SMILES string of the molecule is C1=CC=C(N(c2ccc(-c3ccccc3)cc2)c2cccc(-c3ccc(-c4cccc(N(c5ccccc5)c5ccc(-c6ccccc6)cc5)c4)cc3)c2)CC=1. The summed E-state index contributed by atoms with van der Waals surface area (Å²) in [6, 6.07) is 76.0. The highest BCUT2D eigenvalue weighted by atomic mass is 15.2. The first-order valence-corrected chi connectivity index (χ1v) is 19.1. The Balaban J connectivity index is 1.01. The van der Waals surface area contributed by atoms with Gasteiger partial charge in [-0.3, -0.25) is 0 Å². The number of nitrogens with zero attached hydrogens (tertiary/aromatic N) is 2. The number of allylic oxidation sites excluding steroid dienone is 2. The average molecular weight is 717 g/mol. The molecule has 0 N–H and O–H groups in total. The van der Waals surface area contributed by atoms with E-state index in [2.05, 4.69) is 240 Å². The van der Waals surface area contributed by atoms with Crippen molar-refractivity contribution in [1.29, 1.82) is 0 Å². The summed E-state index contributed by atoms with van der Waals surface area (Å²) < 4.78 is 0. The Morgan fingerprint density at radius 1 is 0.304 bits per heavy atom. The molecule has 8 aromatic rings. The molecule has 56 heavy (non-hydrogen) atoms. The van der Waals surface area contributed by atoms with Gasteiger partial charge in [0.15, 0.2) is 0 Å². The molecule has 0 spiro atoms. The van der Waals surface area contributed by atoms with Crippen LogP contribution in [0, 0.1) is 0 Å². The largest absolute Gasteiger partial charge is 0.314 e. The van der Waals surface area contributed by atoms with Crippen molar-refractivity contribution in [3.05, 3.63) is 242 Å². The highest BCUT2D eigenvalue weighted by Crippen LogP contribution is 2.39. The summed E-state index contributed by atoms with van der Waals surface area (Å²) in [5.41, 5.74) is 19.6. The van der Waals surface area contributed by atoms with Gasteiger partial charge in [-0.05, 0) is 123 Å². The quantitative estimate of drug-likeness (QED) is 0.130. The van der Waals surface area contributed by atoms with Crippen LogP contribution < -0.4 is 9.80 Å². The van der Waals surface area contributed by atoms with E-state index in [0.717, 1.165) is 34.9 Å². The second-order valence-electron chi connectivity index (χ2n) is 13.9. The van der Waals surface area contributed by atoms with E-state index >= 15 is 0 Å². The average Bonchev–Trinajstić information content (AvgIpc) is 3.29. The molecule has 9 rings (SSSR count). The molecule has 2 nitrogen and oxygen atoms in total. The van der Waals surface area contributed by atoms with Crippen molar-refractivity contribution in [2.45, 2.75) is 6.42 Å². The molecule has 8 aromatic carbocycles. The first-order chi connectivity index (χ1) is 27.8. The summed E-state index contributed by atoms with van der Waals surface area (Å²) in [5, 5.41) is 0. The molecule has 0 bridgehead atoms. The van der Waals surface area contributed by atoms with Gasteiger partial charge < -0.3 is 9.80 Å². The summed E-state index contributed by atoms with van der Waals surface area (Å²) in [5.74, 6) is 0. The van der Waals surface area contributed by atoms with E-state index in [1.807, 2.05) is 6.08 Å². The summed E-state index contributed by atoms with van der Waals surface area (Å²) >= 11 is 0. The standard InChI is InChI=1S/C54H40N2/c1-5-15-41(16-6-1)43-31-35-51(36-32-43)55(49-21-9-3-10-22-49)53-25-13-19-47(39-53)45-27-29-46(30-28-45)48-20-14-26-54(40-48)56(50-23-11-4-12-24-50)52-37-33-44(34-38-52)42-17-7-2-8-18-42/h1-3,5-23,25-40H,24H2. The number of hydrogen-bond donors (Lipinski definition) is 0. The van der Waals surface area contributed by atoms with E-state index in [1.165, 1.54) is 50.2 Å². The van der Waals surface area contributed by atoms with Gasteiger partial charge in [-0.1, -0.05) is 152 Å². The topological polar surface area (TPSA) is 6.48 Å². The zero-order chi connectivity index (χ0) is 37.5. The molecule has 1 aliphatic rings. The zero-order valence-electron chi connectivity index (χ0n) is 31.0. The lowest BCUT2D eigenvalue weighted by Crippen LogP contribution is -2.16. The van der Waals surface area contributed by atoms with Gasteiger partial charge in [-0.25, -0.2) is 0 Å². The van der Waals surface area contributed by atoms with Gasteiger partial charge in [0.25, 0.3) is 0 Å². The smallest absolute Gasteiger partial charge is 0.0467 e. The molecular formula is C54H40N2. The lowest BCUT2D eigenvalue weighted by atomic mass is 9.99. The van der Waals surface area contributed by atoms with E-state index in [1.54, 1.807) is 0 Å². The molecule has 0 heterocycles. The van der Waals surface area contributed by atoms with E-state index in [-0.39, 0.29) is 0 Å². The van der Waals surface area contributed by atoms with Gasteiger partial charge in [-0.2, -0.15) is 0 Å². The van der Waals surface area contributed by atoms with Crippen LogP contribution in [0.5, 0.6) is 0 Å². The molecule has 0 aliphatic heterocycles. The van der Waals surface area contributed by atoms with Gasteiger partial charge in [0.05, 0.1) is 0 Å². The molecule has 0 saturated carbocycles. The summed E-state index contributed by atoms with van der Waals surface area (Å²) in [7, 11) is 0. The van der Waals surface area contributed by atoms with Crippen LogP contribution >= 0.6 is 0 Å². The summed E-state index contributed by atoms with van der Waals surface area (Å²) in [6.45, 7) is 0. The Morgan fingerprint density at radius 2 is 0.661 bits per heavy atom. The van der Waals surface area contributed by atoms with Crippen molar-refractivity contribution >= 4 is 28.4 Å². The first-order valence-electron chi connectivity index (χ1n) is 19.1. The molecule has 1 aliphatic carbocycles. The molecule has 0 aromatic heterocycles. The third kappa shape index (κ3) is 7.39. The van der Waals surface area contributed by atoms with E-state index in [0.29, 0.717) is 0 Å². The third-order valence-electron chi connectivity index (χ3n) is 10.3. The Bertz CT molecular complexity index is 2650. The molecule has 0 radical (unpaired) electrons. The molecule has 0 fully saturated rings. The normalized spacial score (nSPS) is 11.9. The number of anilines is 5. The lowest BCUT2D eigenvalue weighted by molar-refractivity contribution is 1.07. The van der Waals surface area contributed by atoms with Gasteiger partial charge in [0.1, 0.15) is 0 Å². The predicted octanol–water partition coefficient (Wildman–Crippen LogP) is 15.0. The Labute approximate surface area is 329 Å². The number of hydrogen-bond acceptors (Lipinski definition) is 2. The fourth-order valence-corrected chi connectivity index (χ4v) is 7.49. The van der Waals surface area contributed by atoms with Gasteiger partial charge in [-0.15, -0.1) is 5.73 Å². The van der Waals surface area contributed by atoms with Crippen molar-refractivity contribution in [3.8, 4) is 44.5 Å². The number of para-hydroxylation sites is 1. The summed E-state index contributed by atoms with van der Waals surface area (Å²) in [6.07, 6.45) is 7.08. The second-order valence-corrected chi connectivity index (χ2v) is 13.9. The molecule has 2 heteroatoms. The second kappa shape index (κ2) is 15.9. The number of rotatable bonds is 10. The minimum atomic E-state index is 0.815. The molecule has 0 amide bonds. The van der Waals surface area contributed by atoms with Gasteiger partial charge >= 0.3 is 0 Å². The lowest BCUT2D eigenvalue weighted by Gasteiger charge is -2.28. The minimum Gasteiger partial charge on any atom is -0.314 e. The predicted molar refractivity (Wildman–Crippen MR) is 237 cm³/mol. The van der Waals surface area contributed by atoms with Crippen LogP contribution in [-0.4, -0.2) is 0 Å². The maximum atomic E-state index is 3.24. The fraction of sp³-hybridized carbons (Fsp3) is 0.0185. The van der Waals surface area contributed by atoms with Crippen molar-refractivity contribution in [3.63, 3.8) is 0 Å². The minimum absolute atomic E-state index is 0.815. The Morgan fingerprint density at radius 3 is 1.14 bits per heavy atom. The Kier molecular flexibility index (Phi) is 9.78. The van der Waals surface area contributed by atoms with E-state index in [9.17, 15) is 0 Å². The van der Waals surface area contributed by atoms with Gasteiger partial charge in [0, 0.05) is 40.6 Å². The van der Waals surface area contributed by atoms with Crippen molar-refractivity contribution < 1.29 is 0 Å². The third-order valence-corrected chi connectivity index (χ3v) is 10.3.